The molecule has 2 nitrogen and oxygen atoms in total. The molecule has 1 fully saturated rings. The molecule has 1 saturated heterocycles. The third-order valence-electron chi connectivity index (χ3n) is 5.78. The van der Waals surface area contributed by atoms with Crippen LogP contribution < -0.4 is 0 Å². The van der Waals surface area contributed by atoms with Gasteiger partial charge in [-0.25, -0.2) is 13.2 Å². The van der Waals surface area contributed by atoms with Gasteiger partial charge in [-0.05, 0) is 49.8 Å². The fourth-order valence-electron chi connectivity index (χ4n) is 4.07. The first kappa shape index (κ1) is 22.8. The summed E-state index contributed by atoms with van der Waals surface area (Å²) in [5, 5.41) is 0. The van der Waals surface area contributed by atoms with E-state index >= 15 is 0 Å². The lowest BCUT2D eigenvalue weighted by Crippen LogP contribution is -2.27. The quantitative estimate of drug-likeness (QED) is 0.401. The van der Waals surface area contributed by atoms with E-state index in [0.717, 1.165) is 37.7 Å². The average molecular weight is 421 g/mol. The van der Waals surface area contributed by atoms with E-state index in [-0.39, 0.29) is 35.5 Å². The lowest BCUT2D eigenvalue weighted by molar-refractivity contribution is -0.164. The van der Waals surface area contributed by atoms with Crippen LogP contribution in [0.4, 0.5) is 13.2 Å². The molecule has 2 unspecified atom stereocenters. The van der Waals surface area contributed by atoms with Crippen molar-refractivity contribution < 1.29 is 22.6 Å². The molecule has 0 N–H and O–H groups in total. The van der Waals surface area contributed by atoms with Crippen LogP contribution in [0.1, 0.15) is 69.4 Å². The topological polar surface area (TPSA) is 18.5 Å². The van der Waals surface area contributed by atoms with Crippen LogP contribution in [0.3, 0.4) is 0 Å². The van der Waals surface area contributed by atoms with Gasteiger partial charge in [0.05, 0.1) is 6.61 Å². The molecule has 0 saturated carbocycles. The monoisotopic (exact) mass is 420 g/mol. The predicted molar refractivity (Wildman–Crippen MR) is 113 cm³/mol. The van der Waals surface area contributed by atoms with Gasteiger partial charge in [-0.2, -0.15) is 0 Å². The lowest BCUT2D eigenvalue weighted by Gasteiger charge is -2.29. The highest BCUT2D eigenvalue weighted by atomic mass is 19.2. The number of halogens is 3. The van der Waals surface area contributed by atoms with Crippen LogP contribution in [0.15, 0.2) is 30.3 Å². The molecule has 0 bridgehead atoms. The highest BCUT2D eigenvalue weighted by Gasteiger charge is 2.27. The minimum atomic E-state index is -1.01. The van der Waals surface area contributed by atoms with Gasteiger partial charge in [0.25, 0.3) is 0 Å². The average Bonchev–Trinajstić information content (AvgIpc) is 2.75. The second kappa shape index (κ2) is 11.0. The van der Waals surface area contributed by atoms with Crippen LogP contribution in [-0.2, 0) is 15.9 Å². The number of rotatable bonds is 9. The molecule has 0 aromatic heterocycles. The third-order valence-corrected chi connectivity index (χ3v) is 5.78. The molecule has 1 aliphatic rings. The minimum absolute atomic E-state index is 0.0461. The highest BCUT2D eigenvalue weighted by molar-refractivity contribution is 5.66. The van der Waals surface area contributed by atoms with Crippen molar-refractivity contribution in [2.24, 2.45) is 0 Å². The number of aryl methyl sites for hydroxylation is 1. The van der Waals surface area contributed by atoms with Crippen molar-refractivity contribution in [2.75, 3.05) is 13.2 Å². The van der Waals surface area contributed by atoms with Crippen molar-refractivity contribution in [1.82, 2.24) is 0 Å². The zero-order valence-electron chi connectivity index (χ0n) is 17.9. The van der Waals surface area contributed by atoms with E-state index in [4.69, 9.17) is 9.47 Å². The molecule has 0 spiro atoms. The Morgan fingerprint density at radius 1 is 0.933 bits per heavy atom. The van der Waals surface area contributed by atoms with Gasteiger partial charge in [0.2, 0.25) is 0 Å². The van der Waals surface area contributed by atoms with Gasteiger partial charge >= 0.3 is 0 Å². The smallest absolute Gasteiger partial charge is 0.167 e. The number of hydrogen-bond donors (Lipinski definition) is 0. The molecule has 2 aromatic carbocycles. The highest BCUT2D eigenvalue weighted by Crippen LogP contribution is 2.35. The molecule has 0 radical (unpaired) electrons. The lowest BCUT2D eigenvalue weighted by atomic mass is 9.90. The summed E-state index contributed by atoms with van der Waals surface area (Å²) in [6.45, 7) is 4.87. The molecule has 30 heavy (non-hydrogen) atoms. The van der Waals surface area contributed by atoms with Gasteiger partial charge in [0.15, 0.2) is 17.9 Å². The van der Waals surface area contributed by atoms with E-state index < -0.39 is 17.5 Å². The van der Waals surface area contributed by atoms with Crippen molar-refractivity contribution in [3.05, 3.63) is 58.9 Å². The molecule has 0 amide bonds. The molecular formula is C25H31F3O2. The molecule has 2 atom stereocenters. The number of ether oxygens (including phenoxy) is 2. The van der Waals surface area contributed by atoms with Gasteiger partial charge < -0.3 is 9.47 Å². The first-order valence-electron chi connectivity index (χ1n) is 11.0. The SMILES string of the molecule is CCCCCCc1ccc(-c2ccc(C3CCC(OCC)OC3)c(F)c2F)c(F)c1. The number of benzene rings is 2. The fourth-order valence-corrected chi connectivity index (χ4v) is 4.07. The maximum absolute atomic E-state index is 14.9. The standard InChI is InChI=1S/C25H31F3O2/c1-3-5-6-7-8-17-9-11-20(22(26)15-17)21-13-12-19(24(27)25(21)28)18-10-14-23(29-4-2)30-16-18/h9,11-13,15,18,23H,3-8,10,14,16H2,1-2H3. The first-order valence-corrected chi connectivity index (χ1v) is 11.0. The van der Waals surface area contributed by atoms with Crippen molar-refractivity contribution in [2.45, 2.75) is 71.0 Å². The molecule has 1 aliphatic heterocycles. The Kier molecular flexibility index (Phi) is 8.34. The summed E-state index contributed by atoms with van der Waals surface area (Å²) in [7, 11) is 0. The Bertz CT molecular complexity index is 829. The van der Waals surface area contributed by atoms with E-state index in [1.165, 1.54) is 12.1 Å². The zero-order valence-corrected chi connectivity index (χ0v) is 17.9. The van der Waals surface area contributed by atoms with E-state index in [9.17, 15) is 13.2 Å². The maximum atomic E-state index is 14.9. The summed E-state index contributed by atoms with van der Waals surface area (Å²) in [5.74, 6) is -2.68. The molecule has 1 heterocycles. The predicted octanol–water partition coefficient (Wildman–Crippen LogP) is 7.15. The molecule has 5 heteroatoms. The Morgan fingerprint density at radius 2 is 1.73 bits per heavy atom. The van der Waals surface area contributed by atoms with Crippen LogP contribution in [0, 0.1) is 17.5 Å². The summed E-state index contributed by atoms with van der Waals surface area (Å²) >= 11 is 0. The van der Waals surface area contributed by atoms with Crippen LogP contribution in [0.5, 0.6) is 0 Å². The molecule has 3 rings (SSSR count). The molecule has 0 aliphatic carbocycles. The van der Waals surface area contributed by atoms with E-state index in [0.29, 0.717) is 19.4 Å². The van der Waals surface area contributed by atoms with Gasteiger partial charge in [0.1, 0.15) is 5.82 Å². The second-order valence-corrected chi connectivity index (χ2v) is 7.95. The Labute approximate surface area is 177 Å². The second-order valence-electron chi connectivity index (χ2n) is 7.95. The number of unbranched alkanes of at least 4 members (excludes halogenated alkanes) is 3. The summed E-state index contributed by atoms with van der Waals surface area (Å²) in [4.78, 5) is 0. The summed E-state index contributed by atoms with van der Waals surface area (Å²) < 4.78 is 55.4. The molecule has 2 aromatic rings. The van der Waals surface area contributed by atoms with Crippen molar-refractivity contribution in [1.29, 1.82) is 0 Å². The van der Waals surface area contributed by atoms with Crippen LogP contribution >= 0.6 is 0 Å². The Morgan fingerprint density at radius 3 is 2.40 bits per heavy atom. The third kappa shape index (κ3) is 5.44. The van der Waals surface area contributed by atoms with Gasteiger partial charge in [-0.3, -0.25) is 0 Å². The van der Waals surface area contributed by atoms with Crippen LogP contribution in [0.25, 0.3) is 11.1 Å². The van der Waals surface area contributed by atoms with Crippen LogP contribution in [0.2, 0.25) is 0 Å². The van der Waals surface area contributed by atoms with Crippen molar-refractivity contribution in [3.63, 3.8) is 0 Å². The first-order chi connectivity index (χ1) is 14.5. The zero-order chi connectivity index (χ0) is 21.5. The molecular weight excluding hydrogens is 389 g/mol. The molecule has 164 valence electrons. The Hall–Kier alpha value is -1.85. The minimum Gasteiger partial charge on any atom is -0.353 e. The summed E-state index contributed by atoms with van der Waals surface area (Å²) in [6.07, 6.45) is 6.21. The van der Waals surface area contributed by atoms with Gasteiger partial charge in [-0.1, -0.05) is 50.5 Å². The summed E-state index contributed by atoms with van der Waals surface area (Å²) in [5.41, 5.74) is 1.20. The maximum Gasteiger partial charge on any atom is 0.167 e. The van der Waals surface area contributed by atoms with Crippen molar-refractivity contribution >= 4 is 0 Å². The fraction of sp³-hybridized carbons (Fsp3) is 0.520. The van der Waals surface area contributed by atoms with E-state index in [1.54, 1.807) is 18.2 Å². The largest absolute Gasteiger partial charge is 0.353 e. The normalized spacial score (nSPS) is 19.2. The summed E-state index contributed by atoms with van der Waals surface area (Å²) in [6, 6.07) is 7.83. The van der Waals surface area contributed by atoms with E-state index in [2.05, 4.69) is 6.92 Å². The van der Waals surface area contributed by atoms with Crippen molar-refractivity contribution in [3.8, 4) is 11.1 Å². The van der Waals surface area contributed by atoms with E-state index in [1.807, 2.05) is 6.92 Å². The Balaban J connectivity index is 1.74. The van der Waals surface area contributed by atoms with Crippen LogP contribution in [-0.4, -0.2) is 19.5 Å². The number of hydrogen-bond acceptors (Lipinski definition) is 2. The van der Waals surface area contributed by atoms with Gasteiger partial charge in [-0.15, -0.1) is 0 Å². The van der Waals surface area contributed by atoms with Gasteiger partial charge in [0, 0.05) is 23.7 Å².